The van der Waals surface area contributed by atoms with Gasteiger partial charge in [-0.15, -0.1) is 0 Å². The Balaban J connectivity index is -0.00000125. The number of unbranched alkanes of at least 4 members (excludes halogenated alkanes) is 12. The molecule has 10 heteroatoms. The van der Waals surface area contributed by atoms with Gasteiger partial charge >= 0.3 is 57.4 Å². The molecule has 0 aliphatic rings. The van der Waals surface area contributed by atoms with E-state index in [9.17, 15) is 4.79 Å². The van der Waals surface area contributed by atoms with Crippen molar-refractivity contribution in [3.63, 3.8) is 0 Å². The molecule has 8 nitrogen and oxygen atoms in total. The summed E-state index contributed by atoms with van der Waals surface area (Å²) in [5, 5.41) is 8.74. The van der Waals surface area contributed by atoms with Crippen LogP contribution in [0.3, 0.4) is 0 Å². The summed E-state index contributed by atoms with van der Waals surface area (Å²) < 4.78 is 19.8. The van der Waals surface area contributed by atoms with Crippen LogP contribution in [0.1, 0.15) is 111 Å². The van der Waals surface area contributed by atoms with E-state index in [0.29, 0.717) is 12.5 Å². The summed E-state index contributed by atoms with van der Waals surface area (Å²) in [5.74, 6) is -0.508. The Morgan fingerprint density at radius 1 is 0.844 bits per heavy atom. The van der Waals surface area contributed by atoms with Crippen LogP contribution in [0.15, 0.2) is 0 Å². The summed E-state index contributed by atoms with van der Waals surface area (Å²) >= 11 is 0. The molecule has 1 unspecified atom stereocenters. The maximum atomic E-state index is 10.7. The summed E-state index contributed by atoms with van der Waals surface area (Å²) in [6.45, 7) is 6.77. The summed E-state index contributed by atoms with van der Waals surface area (Å²) in [5.41, 5.74) is 0. The molecule has 0 aromatic carbocycles. The quantitative estimate of drug-likeness (QED) is 0.0983. The summed E-state index contributed by atoms with van der Waals surface area (Å²) in [6.07, 6.45) is 17.7. The third-order valence-electron chi connectivity index (χ3n) is 4.55. The van der Waals surface area contributed by atoms with Crippen molar-refractivity contribution in [2.45, 2.75) is 117 Å². The van der Waals surface area contributed by atoms with Crippen LogP contribution in [-0.2, 0) is 18.8 Å². The maximum absolute atomic E-state index is 10.7. The fourth-order valence-corrected chi connectivity index (χ4v) is 3.01. The maximum Gasteiger partial charge on any atom is 1.00 e. The van der Waals surface area contributed by atoms with Gasteiger partial charge in [0.05, 0.1) is 6.61 Å². The van der Waals surface area contributed by atoms with Gasteiger partial charge in [0.15, 0.2) is 6.29 Å². The number of carboxylic acids is 1. The average Bonchev–Trinajstić information content (AvgIpc) is 2.65. The zero-order valence-electron chi connectivity index (χ0n) is 20.8. The van der Waals surface area contributed by atoms with Gasteiger partial charge in [-0.2, -0.15) is 0 Å². The Bertz CT molecular complexity index is 437. The molecule has 0 saturated heterocycles. The molecule has 32 heavy (non-hydrogen) atoms. The molecule has 0 aliphatic carbocycles. The molecule has 0 aliphatic heterocycles. The molecule has 0 aromatic rings. The molecule has 0 saturated carbocycles. The van der Waals surface area contributed by atoms with Crippen molar-refractivity contribution in [2.75, 3.05) is 13.2 Å². The number of ether oxygens (including phenoxy) is 2. The van der Waals surface area contributed by atoms with E-state index in [1.165, 1.54) is 77.0 Å². The van der Waals surface area contributed by atoms with Crippen molar-refractivity contribution in [3.05, 3.63) is 0 Å². The van der Waals surface area contributed by atoms with E-state index in [4.69, 9.17) is 33.8 Å². The predicted molar refractivity (Wildman–Crippen MR) is 121 cm³/mol. The van der Waals surface area contributed by atoms with Crippen LogP contribution in [0.2, 0.25) is 0 Å². The second kappa shape index (κ2) is 26.7. The van der Waals surface area contributed by atoms with Crippen molar-refractivity contribution in [2.24, 2.45) is 5.92 Å². The third kappa shape index (κ3) is 41.4. The molecule has 0 aromatic heterocycles. The van der Waals surface area contributed by atoms with E-state index in [0.717, 1.165) is 12.8 Å². The summed E-state index contributed by atoms with van der Waals surface area (Å²) in [7, 11) is -4.89. The molecule has 0 spiro atoms. The van der Waals surface area contributed by atoms with Crippen LogP contribution >= 0.6 is 7.82 Å². The van der Waals surface area contributed by atoms with Crippen LogP contribution in [0.5, 0.6) is 0 Å². The normalized spacial score (nSPS) is 12.1. The Morgan fingerprint density at radius 2 is 1.22 bits per heavy atom. The molecule has 0 bridgehead atoms. The molecule has 0 rings (SSSR count). The molecular formula is C22H46KO8P. The Kier molecular flexibility index (Phi) is 31.5. The van der Waals surface area contributed by atoms with E-state index in [1.54, 1.807) is 0 Å². The third-order valence-corrected chi connectivity index (χ3v) is 4.55. The van der Waals surface area contributed by atoms with E-state index in [-0.39, 0.29) is 64.3 Å². The molecule has 188 valence electrons. The smallest absolute Gasteiger partial charge is 0.756 e. The van der Waals surface area contributed by atoms with Gasteiger partial charge in [0.25, 0.3) is 7.82 Å². The van der Waals surface area contributed by atoms with Crippen LogP contribution in [0.25, 0.3) is 0 Å². The first kappa shape index (κ1) is 37.7. The number of phosphoric acid groups is 1. The van der Waals surface area contributed by atoms with Crippen molar-refractivity contribution in [1.82, 2.24) is 0 Å². The largest absolute Gasteiger partial charge is 1.00 e. The van der Waals surface area contributed by atoms with Crippen molar-refractivity contribution >= 4 is 13.8 Å². The van der Waals surface area contributed by atoms with Gasteiger partial charge in [-0.3, -0.25) is 4.57 Å². The number of hydrogen-bond acceptors (Lipinski definition) is 5. The SMILES string of the molecule is CCCCCCCCCCCCCCCC(OCC(=O)O)OCC(C)C.O=P([O-])(O)O.[K+]. The van der Waals surface area contributed by atoms with Gasteiger partial charge in [-0.1, -0.05) is 97.8 Å². The number of carboxylic acid groups (broad SMARTS) is 1. The minimum atomic E-state index is -4.89. The van der Waals surface area contributed by atoms with E-state index in [1.807, 2.05) is 0 Å². The average molecular weight is 509 g/mol. The number of aliphatic carboxylic acids is 1. The van der Waals surface area contributed by atoms with Gasteiger partial charge in [-0.25, -0.2) is 4.79 Å². The van der Waals surface area contributed by atoms with Gasteiger partial charge < -0.3 is 29.3 Å². The minimum Gasteiger partial charge on any atom is -0.756 e. The van der Waals surface area contributed by atoms with Crippen LogP contribution in [0.4, 0.5) is 0 Å². The molecule has 1 atom stereocenters. The number of rotatable bonds is 20. The van der Waals surface area contributed by atoms with Crippen molar-refractivity contribution in [1.29, 1.82) is 0 Å². The van der Waals surface area contributed by atoms with Gasteiger partial charge in [-0.05, 0) is 18.8 Å². The van der Waals surface area contributed by atoms with Gasteiger partial charge in [0.2, 0.25) is 0 Å². The minimum absolute atomic E-state index is 0. The van der Waals surface area contributed by atoms with Crippen LogP contribution < -0.4 is 56.3 Å². The van der Waals surface area contributed by atoms with Crippen LogP contribution in [0, 0.1) is 5.92 Å². The zero-order valence-corrected chi connectivity index (χ0v) is 24.8. The zero-order chi connectivity index (χ0) is 24.0. The van der Waals surface area contributed by atoms with E-state index >= 15 is 0 Å². The second-order valence-electron chi connectivity index (χ2n) is 8.38. The van der Waals surface area contributed by atoms with Crippen molar-refractivity contribution in [3.8, 4) is 0 Å². The van der Waals surface area contributed by atoms with E-state index in [2.05, 4.69) is 20.8 Å². The fourth-order valence-electron chi connectivity index (χ4n) is 3.01. The topological polar surface area (TPSA) is 136 Å². The van der Waals surface area contributed by atoms with Gasteiger partial charge in [0, 0.05) is 0 Å². The Hall–Kier alpha value is 1.14. The monoisotopic (exact) mass is 508 g/mol. The Morgan fingerprint density at radius 3 is 1.56 bits per heavy atom. The standard InChI is InChI=1S/C22H44O4.K.H3O4P/c1-4-5-6-7-8-9-10-11-12-13-14-15-16-17-22(25-18-20(2)3)26-19-21(23)24;;1-5(2,3)4/h20,22H,4-19H2,1-3H3,(H,23,24);;(H3,1,2,3,4)/q;+1;/p-1. The molecule has 0 amide bonds. The first-order valence-corrected chi connectivity index (χ1v) is 13.3. The number of carbonyl (C=O) groups is 1. The van der Waals surface area contributed by atoms with Crippen molar-refractivity contribution < 1.29 is 90.0 Å². The predicted octanol–water partition coefficient (Wildman–Crippen LogP) is 2.01. The van der Waals surface area contributed by atoms with E-state index < -0.39 is 13.8 Å². The molecule has 3 N–H and O–H groups in total. The summed E-state index contributed by atoms with van der Waals surface area (Å²) in [4.78, 5) is 33.6. The number of hydrogen-bond donors (Lipinski definition) is 3. The molecule has 0 radical (unpaired) electrons. The second-order valence-corrected chi connectivity index (χ2v) is 9.36. The summed E-state index contributed by atoms with van der Waals surface area (Å²) in [6, 6.07) is 0. The first-order valence-electron chi connectivity index (χ1n) is 11.8. The molecular weight excluding hydrogens is 462 g/mol. The first-order chi connectivity index (χ1) is 14.6. The Labute approximate surface area is 237 Å². The van der Waals surface area contributed by atoms with Gasteiger partial charge in [0.1, 0.15) is 6.61 Å². The molecule has 0 fully saturated rings. The van der Waals surface area contributed by atoms with Crippen LogP contribution in [-0.4, -0.2) is 40.4 Å². The fraction of sp³-hybridized carbons (Fsp3) is 0.955. The molecule has 0 heterocycles.